The maximum atomic E-state index is 12.5. The first-order valence-corrected chi connectivity index (χ1v) is 6.93. The molecule has 0 bridgehead atoms. The molecule has 1 aliphatic rings. The fourth-order valence-corrected chi connectivity index (χ4v) is 2.70. The number of amidine groups is 1. The van der Waals surface area contributed by atoms with Crippen LogP contribution in [0.4, 0.5) is 0 Å². The first-order valence-electron chi connectivity index (χ1n) is 6.93. The van der Waals surface area contributed by atoms with Gasteiger partial charge in [-0.15, -0.1) is 0 Å². The highest BCUT2D eigenvalue weighted by Gasteiger charge is 2.45. The van der Waals surface area contributed by atoms with Crippen LogP contribution in [0.25, 0.3) is 0 Å². The number of nitrogens with zero attached hydrogens (tertiary/aromatic N) is 1. The van der Waals surface area contributed by atoms with E-state index in [0.717, 1.165) is 19.3 Å². The number of nitrogens with two attached hydrogens (primary N) is 2. The number of amides is 2. The van der Waals surface area contributed by atoms with Gasteiger partial charge in [0, 0.05) is 0 Å². The molecule has 7 nitrogen and oxygen atoms in total. The first kappa shape index (κ1) is 16.3. The van der Waals surface area contributed by atoms with Crippen LogP contribution in [-0.2, 0) is 9.59 Å². The summed E-state index contributed by atoms with van der Waals surface area (Å²) >= 11 is 0. The lowest BCUT2D eigenvalue weighted by Gasteiger charge is -2.35. The minimum absolute atomic E-state index is 0.0957. The molecule has 1 rings (SSSR count). The highest BCUT2D eigenvalue weighted by atomic mass is 16.4. The third-order valence-corrected chi connectivity index (χ3v) is 4.00. The Labute approximate surface area is 118 Å². The molecular formula is C13H24N4O3. The topological polar surface area (TPSA) is 131 Å². The zero-order valence-corrected chi connectivity index (χ0v) is 12.1. The molecule has 2 amide bonds. The summed E-state index contributed by atoms with van der Waals surface area (Å²) in [5.74, 6) is -1.19. The van der Waals surface area contributed by atoms with E-state index >= 15 is 0 Å². The maximum Gasteiger partial charge on any atom is 0.240 e. The average Bonchev–Trinajstić information content (AvgIpc) is 2.43. The molecule has 0 spiro atoms. The minimum Gasteiger partial charge on any atom is -0.409 e. The Morgan fingerprint density at radius 3 is 2.15 bits per heavy atom. The molecule has 1 fully saturated rings. The molecule has 0 aromatic rings. The lowest BCUT2D eigenvalue weighted by Crippen LogP contribution is -2.57. The molecule has 0 radical (unpaired) electrons. The fraction of sp³-hybridized carbons (Fsp3) is 0.769. The van der Waals surface area contributed by atoms with Gasteiger partial charge >= 0.3 is 0 Å². The van der Waals surface area contributed by atoms with Gasteiger partial charge in [-0.3, -0.25) is 9.59 Å². The molecule has 1 unspecified atom stereocenters. The van der Waals surface area contributed by atoms with Gasteiger partial charge in [0.1, 0.15) is 11.5 Å². The third kappa shape index (κ3) is 3.20. The lowest BCUT2D eigenvalue weighted by atomic mass is 9.72. The molecule has 1 atom stereocenters. The minimum atomic E-state index is -1.03. The summed E-state index contributed by atoms with van der Waals surface area (Å²) in [5, 5.41) is 14.6. The quantitative estimate of drug-likeness (QED) is 0.250. The SMILES string of the molecule is CC(C)C(NC(=O)C1(C(N)=NO)CCCCC1)C(N)=O. The summed E-state index contributed by atoms with van der Waals surface area (Å²) in [4.78, 5) is 23.9. The van der Waals surface area contributed by atoms with Crippen LogP contribution in [0, 0.1) is 11.3 Å². The van der Waals surface area contributed by atoms with Crippen molar-refractivity contribution in [3.63, 3.8) is 0 Å². The summed E-state index contributed by atoms with van der Waals surface area (Å²) in [6.45, 7) is 3.60. The van der Waals surface area contributed by atoms with Crippen molar-refractivity contribution in [2.24, 2.45) is 28.0 Å². The third-order valence-electron chi connectivity index (χ3n) is 4.00. The van der Waals surface area contributed by atoms with Crippen LogP contribution in [0.15, 0.2) is 5.16 Å². The Hall–Kier alpha value is -1.79. The van der Waals surface area contributed by atoms with Gasteiger partial charge in [-0.05, 0) is 18.8 Å². The Morgan fingerprint density at radius 1 is 1.20 bits per heavy atom. The van der Waals surface area contributed by atoms with Gasteiger partial charge in [0.15, 0.2) is 5.84 Å². The van der Waals surface area contributed by atoms with Crippen molar-refractivity contribution in [1.82, 2.24) is 5.32 Å². The van der Waals surface area contributed by atoms with Crippen LogP contribution in [-0.4, -0.2) is 28.9 Å². The van der Waals surface area contributed by atoms with Crippen molar-refractivity contribution in [2.75, 3.05) is 0 Å². The molecule has 1 saturated carbocycles. The average molecular weight is 284 g/mol. The second-order valence-corrected chi connectivity index (χ2v) is 5.73. The van der Waals surface area contributed by atoms with Crippen molar-refractivity contribution >= 4 is 17.6 Å². The van der Waals surface area contributed by atoms with Gasteiger partial charge in [-0.2, -0.15) is 0 Å². The van der Waals surface area contributed by atoms with Gasteiger partial charge in [0.2, 0.25) is 11.8 Å². The Balaban J connectivity index is 2.97. The summed E-state index contributed by atoms with van der Waals surface area (Å²) in [5.41, 5.74) is 10.0. The van der Waals surface area contributed by atoms with E-state index in [1.807, 2.05) is 0 Å². The second kappa shape index (κ2) is 6.58. The van der Waals surface area contributed by atoms with Gasteiger partial charge in [0.25, 0.3) is 0 Å². The largest absolute Gasteiger partial charge is 0.409 e. The number of rotatable bonds is 5. The van der Waals surface area contributed by atoms with Crippen molar-refractivity contribution in [1.29, 1.82) is 0 Å². The maximum absolute atomic E-state index is 12.5. The number of nitrogens with one attached hydrogen (secondary N) is 1. The molecule has 0 heterocycles. The van der Waals surface area contributed by atoms with Gasteiger partial charge in [-0.25, -0.2) is 0 Å². The number of carbonyl (C=O) groups is 2. The molecule has 6 N–H and O–H groups in total. The molecule has 7 heteroatoms. The number of primary amides is 1. The fourth-order valence-electron chi connectivity index (χ4n) is 2.70. The smallest absolute Gasteiger partial charge is 0.240 e. The van der Waals surface area contributed by atoms with Crippen LogP contribution in [0.2, 0.25) is 0 Å². The van der Waals surface area contributed by atoms with E-state index in [1.54, 1.807) is 13.8 Å². The summed E-state index contributed by atoms with van der Waals surface area (Å²) in [6, 6.07) is -0.757. The molecule has 0 aromatic carbocycles. The molecular weight excluding hydrogens is 260 g/mol. The predicted octanol–water partition coefficient (Wildman–Crippen LogP) is 0.309. The van der Waals surface area contributed by atoms with E-state index in [9.17, 15) is 9.59 Å². The summed E-state index contributed by atoms with van der Waals surface area (Å²) in [7, 11) is 0. The molecule has 0 saturated heterocycles. The van der Waals surface area contributed by atoms with Crippen LogP contribution < -0.4 is 16.8 Å². The summed E-state index contributed by atoms with van der Waals surface area (Å²) in [6.07, 6.45) is 3.69. The lowest BCUT2D eigenvalue weighted by molar-refractivity contribution is -0.133. The number of hydrogen-bond acceptors (Lipinski definition) is 4. The van der Waals surface area contributed by atoms with E-state index in [-0.39, 0.29) is 17.7 Å². The van der Waals surface area contributed by atoms with Crippen molar-refractivity contribution in [3.05, 3.63) is 0 Å². The molecule has 114 valence electrons. The number of carbonyl (C=O) groups excluding carboxylic acids is 2. The first-order chi connectivity index (χ1) is 9.35. The Kier molecular flexibility index (Phi) is 5.35. The van der Waals surface area contributed by atoms with Gasteiger partial charge < -0.3 is 22.0 Å². The van der Waals surface area contributed by atoms with E-state index in [4.69, 9.17) is 16.7 Å². The van der Waals surface area contributed by atoms with Gasteiger partial charge in [0.05, 0.1) is 0 Å². The zero-order chi connectivity index (χ0) is 15.3. The normalized spacial score (nSPS) is 20.4. The standard InChI is InChI=1S/C13H24N4O3/c1-8(2)9(10(14)18)16-12(19)13(11(15)17-20)6-4-3-5-7-13/h8-9,20H,3-7H2,1-2H3,(H2,14,18)(H2,15,17)(H,16,19). The molecule has 1 aliphatic carbocycles. The molecule has 20 heavy (non-hydrogen) atoms. The number of hydrogen-bond donors (Lipinski definition) is 4. The molecule has 0 aliphatic heterocycles. The van der Waals surface area contributed by atoms with Gasteiger partial charge in [-0.1, -0.05) is 38.3 Å². The Morgan fingerprint density at radius 2 is 1.75 bits per heavy atom. The monoisotopic (exact) mass is 284 g/mol. The van der Waals surface area contributed by atoms with Crippen LogP contribution >= 0.6 is 0 Å². The predicted molar refractivity (Wildman–Crippen MR) is 74.9 cm³/mol. The second-order valence-electron chi connectivity index (χ2n) is 5.73. The van der Waals surface area contributed by atoms with Crippen molar-refractivity contribution in [2.45, 2.75) is 52.0 Å². The highest BCUT2D eigenvalue weighted by molar-refractivity contribution is 6.07. The summed E-state index contributed by atoms with van der Waals surface area (Å²) < 4.78 is 0. The molecule has 0 aromatic heterocycles. The zero-order valence-electron chi connectivity index (χ0n) is 12.1. The van der Waals surface area contributed by atoms with Crippen molar-refractivity contribution < 1.29 is 14.8 Å². The number of oxime groups is 1. The van der Waals surface area contributed by atoms with E-state index < -0.39 is 17.4 Å². The van der Waals surface area contributed by atoms with Crippen LogP contribution in [0.3, 0.4) is 0 Å². The van der Waals surface area contributed by atoms with E-state index in [2.05, 4.69) is 10.5 Å². The van der Waals surface area contributed by atoms with Crippen LogP contribution in [0.1, 0.15) is 46.0 Å². The van der Waals surface area contributed by atoms with E-state index in [0.29, 0.717) is 12.8 Å². The van der Waals surface area contributed by atoms with E-state index in [1.165, 1.54) is 0 Å². The Bertz CT molecular complexity index is 400. The van der Waals surface area contributed by atoms with Crippen LogP contribution in [0.5, 0.6) is 0 Å². The highest BCUT2D eigenvalue weighted by Crippen LogP contribution is 2.37. The van der Waals surface area contributed by atoms with Crippen molar-refractivity contribution in [3.8, 4) is 0 Å².